The van der Waals surface area contributed by atoms with Crippen LogP contribution in [0.25, 0.3) is 0 Å². The molecule has 0 radical (unpaired) electrons. The number of nitrogens with one attached hydrogen (secondary N) is 2. The first-order valence-corrected chi connectivity index (χ1v) is 6.94. The molecule has 1 aliphatic heterocycles. The van der Waals surface area contributed by atoms with Crippen LogP contribution in [0.4, 0.5) is 0 Å². The van der Waals surface area contributed by atoms with Crippen LogP contribution in [-0.2, 0) is 9.59 Å². The van der Waals surface area contributed by atoms with Crippen LogP contribution < -0.4 is 10.6 Å². The molecule has 1 saturated heterocycles. The Kier molecular flexibility index (Phi) is 6.72. The number of amides is 2. The SMILES string of the molecule is CCCNC(=O)CCNC(C)C(=O)N1CCCC1. The van der Waals surface area contributed by atoms with E-state index in [2.05, 4.69) is 10.6 Å². The number of carbonyl (C=O) groups excluding carboxylic acids is 2. The molecule has 0 aromatic heterocycles. The van der Waals surface area contributed by atoms with Crippen LogP contribution >= 0.6 is 0 Å². The summed E-state index contributed by atoms with van der Waals surface area (Å²) in [6.45, 7) is 6.92. The van der Waals surface area contributed by atoms with Crippen LogP contribution in [-0.4, -0.2) is 48.9 Å². The molecule has 1 heterocycles. The van der Waals surface area contributed by atoms with Gasteiger partial charge in [-0.2, -0.15) is 0 Å². The van der Waals surface area contributed by atoms with E-state index in [-0.39, 0.29) is 17.9 Å². The average Bonchev–Trinajstić information content (AvgIpc) is 2.89. The van der Waals surface area contributed by atoms with E-state index in [1.54, 1.807) is 0 Å². The van der Waals surface area contributed by atoms with Crippen molar-refractivity contribution in [3.63, 3.8) is 0 Å². The molecule has 1 fully saturated rings. The van der Waals surface area contributed by atoms with Crippen molar-refractivity contribution in [1.29, 1.82) is 0 Å². The lowest BCUT2D eigenvalue weighted by Crippen LogP contribution is -2.44. The molecule has 2 amide bonds. The van der Waals surface area contributed by atoms with Gasteiger partial charge in [-0.05, 0) is 26.2 Å². The van der Waals surface area contributed by atoms with Crippen molar-refractivity contribution in [3.8, 4) is 0 Å². The number of likely N-dealkylation sites (tertiary alicyclic amines) is 1. The van der Waals surface area contributed by atoms with E-state index in [4.69, 9.17) is 0 Å². The van der Waals surface area contributed by atoms with Gasteiger partial charge >= 0.3 is 0 Å². The maximum Gasteiger partial charge on any atom is 0.239 e. The monoisotopic (exact) mass is 255 g/mol. The number of hydrogen-bond acceptors (Lipinski definition) is 3. The molecule has 5 nitrogen and oxygen atoms in total. The molecule has 104 valence electrons. The molecule has 1 rings (SSSR count). The van der Waals surface area contributed by atoms with Crippen LogP contribution in [0.1, 0.15) is 39.5 Å². The maximum atomic E-state index is 12.0. The Bertz CT molecular complexity index is 275. The van der Waals surface area contributed by atoms with E-state index in [1.807, 2.05) is 18.7 Å². The van der Waals surface area contributed by atoms with Crippen LogP contribution in [0.3, 0.4) is 0 Å². The maximum absolute atomic E-state index is 12.0. The summed E-state index contributed by atoms with van der Waals surface area (Å²) in [5.74, 6) is 0.201. The highest BCUT2D eigenvalue weighted by Crippen LogP contribution is 2.08. The Balaban J connectivity index is 2.14. The van der Waals surface area contributed by atoms with Gasteiger partial charge in [0.2, 0.25) is 11.8 Å². The molecule has 0 saturated carbocycles. The van der Waals surface area contributed by atoms with Gasteiger partial charge in [-0.25, -0.2) is 0 Å². The Morgan fingerprint density at radius 1 is 1.22 bits per heavy atom. The lowest BCUT2D eigenvalue weighted by Gasteiger charge is -2.21. The summed E-state index contributed by atoms with van der Waals surface area (Å²) >= 11 is 0. The highest BCUT2D eigenvalue weighted by atomic mass is 16.2. The van der Waals surface area contributed by atoms with Gasteiger partial charge in [0.15, 0.2) is 0 Å². The van der Waals surface area contributed by atoms with E-state index in [9.17, 15) is 9.59 Å². The summed E-state index contributed by atoms with van der Waals surface area (Å²) in [5, 5.41) is 5.93. The minimum atomic E-state index is -0.193. The Hall–Kier alpha value is -1.10. The summed E-state index contributed by atoms with van der Waals surface area (Å²) in [6.07, 6.45) is 3.59. The van der Waals surface area contributed by atoms with Crippen LogP contribution in [0.5, 0.6) is 0 Å². The van der Waals surface area contributed by atoms with Gasteiger partial charge in [-0.1, -0.05) is 6.92 Å². The predicted molar refractivity (Wildman–Crippen MR) is 71.2 cm³/mol. The number of nitrogens with zero attached hydrogens (tertiary/aromatic N) is 1. The normalized spacial score (nSPS) is 16.7. The predicted octanol–water partition coefficient (Wildman–Crippen LogP) is 0.503. The summed E-state index contributed by atoms with van der Waals surface area (Å²) in [6, 6.07) is -0.193. The summed E-state index contributed by atoms with van der Waals surface area (Å²) in [5.41, 5.74) is 0. The second-order valence-electron chi connectivity index (χ2n) is 4.81. The average molecular weight is 255 g/mol. The molecule has 0 aromatic rings. The van der Waals surface area contributed by atoms with Gasteiger partial charge in [0.1, 0.15) is 0 Å². The van der Waals surface area contributed by atoms with Crippen molar-refractivity contribution >= 4 is 11.8 Å². The van der Waals surface area contributed by atoms with Crippen LogP contribution in [0.15, 0.2) is 0 Å². The molecule has 0 bridgehead atoms. The number of rotatable bonds is 7. The van der Waals surface area contributed by atoms with Crippen LogP contribution in [0, 0.1) is 0 Å². The van der Waals surface area contributed by atoms with E-state index in [0.29, 0.717) is 13.0 Å². The first-order valence-electron chi connectivity index (χ1n) is 6.94. The molecule has 1 atom stereocenters. The lowest BCUT2D eigenvalue weighted by molar-refractivity contribution is -0.132. The third-order valence-electron chi connectivity index (χ3n) is 3.16. The third-order valence-corrected chi connectivity index (χ3v) is 3.16. The first kappa shape index (κ1) is 15.0. The van der Waals surface area contributed by atoms with Crippen molar-refractivity contribution in [3.05, 3.63) is 0 Å². The topological polar surface area (TPSA) is 61.4 Å². The summed E-state index contributed by atoms with van der Waals surface area (Å²) in [4.78, 5) is 25.2. The molecule has 0 spiro atoms. The van der Waals surface area contributed by atoms with Gasteiger partial charge in [0.05, 0.1) is 6.04 Å². The van der Waals surface area contributed by atoms with Gasteiger partial charge in [0, 0.05) is 32.6 Å². The summed E-state index contributed by atoms with van der Waals surface area (Å²) in [7, 11) is 0. The fourth-order valence-electron chi connectivity index (χ4n) is 2.05. The molecule has 0 aromatic carbocycles. The minimum Gasteiger partial charge on any atom is -0.356 e. The largest absolute Gasteiger partial charge is 0.356 e. The highest BCUT2D eigenvalue weighted by Gasteiger charge is 2.22. The molecule has 0 aliphatic carbocycles. The zero-order valence-electron chi connectivity index (χ0n) is 11.5. The van der Waals surface area contributed by atoms with Crippen molar-refractivity contribution in [2.75, 3.05) is 26.2 Å². The lowest BCUT2D eigenvalue weighted by atomic mass is 10.2. The minimum absolute atomic E-state index is 0.0465. The fraction of sp³-hybridized carbons (Fsp3) is 0.846. The Morgan fingerprint density at radius 3 is 2.50 bits per heavy atom. The summed E-state index contributed by atoms with van der Waals surface area (Å²) < 4.78 is 0. The van der Waals surface area contributed by atoms with E-state index < -0.39 is 0 Å². The molecule has 18 heavy (non-hydrogen) atoms. The Morgan fingerprint density at radius 2 is 1.89 bits per heavy atom. The molecule has 1 unspecified atom stereocenters. The first-order chi connectivity index (χ1) is 8.65. The molecule has 1 aliphatic rings. The number of carbonyl (C=O) groups is 2. The second kappa shape index (κ2) is 8.08. The molecular formula is C13H25N3O2. The van der Waals surface area contributed by atoms with Crippen LogP contribution in [0.2, 0.25) is 0 Å². The van der Waals surface area contributed by atoms with E-state index in [1.165, 1.54) is 0 Å². The molecule has 2 N–H and O–H groups in total. The highest BCUT2D eigenvalue weighted by molar-refractivity contribution is 5.82. The van der Waals surface area contributed by atoms with Gasteiger partial charge in [0.25, 0.3) is 0 Å². The Labute approximate surface area is 109 Å². The third kappa shape index (κ3) is 5.04. The van der Waals surface area contributed by atoms with E-state index in [0.717, 1.165) is 38.9 Å². The van der Waals surface area contributed by atoms with Gasteiger partial charge < -0.3 is 15.5 Å². The van der Waals surface area contributed by atoms with Gasteiger partial charge in [-0.3, -0.25) is 9.59 Å². The van der Waals surface area contributed by atoms with Crippen molar-refractivity contribution in [1.82, 2.24) is 15.5 Å². The molecular weight excluding hydrogens is 230 g/mol. The van der Waals surface area contributed by atoms with Crippen molar-refractivity contribution in [2.45, 2.75) is 45.6 Å². The van der Waals surface area contributed by atoms with Crippen molar-refractivity contribution in [2.24, 2.45) is 0 Å². The fourth-order valence-corrected chi connectivity index (χ4v) is 2.05. The zero-order chi connectivity index (χ0) is 13.4. The second-order valence-corrected chi connectivity index (χ2v) is 4.81. The standard InChI is InChI=1S/C13H25N3O2/c1-3-7-15-12(17)6-8-14-11(2)13(18)16-9-4-5-10-16/h11,14H,3-10H2,1-2H3,(H,15,17). The molecule has 5 heteroatoms. The van der Waals surface area contributed by atoms with E-state index >= 15 is 0 Å². The number of hydrogen-bond donors (Lipinski definition) is 2. The smallest absolute Gasteiger partial charge is 0.239 e. The zero-order valence-corrected chi connectivity index (χ0v) is 11.5. The van der Waals surface area contributed by atoms with Gasteiger partial charge in [-0.15, -0.1) is 0 Å². The quantitative estimate of drug-likeness (QED) is 0.696. The van der Waals surface area contributed by atoms with Crippen molar-refractivity contribution < 1.29 is 9.59 Å².